The number of quaternary nitrogens is 1. The van der Waals surface area contributed by atoms with E-state index in [1.165, 1.54) is 7.11 Å². The lowest BCUT2D eigenvalue weighted by atomic mass is 10.1. The van der Waals surface area contributed by atoms with E-state index >= 15 is 0 Å². The van der Waals surface area contributed by atoms with E-state index in [0.717, 1.165) is 27.7 Å². The SMILES string of the molecule is COC(=O)c1ccc(C2=NC(CC#N)=C3C=NC=C[NH+]23)cc1.[Cl-]. The van der Waals surface area contributed by atoms with Gasteiger partial charge in [0.15, 0.2) is 5.70 Å². The fourth-order valence-electron chi connectivity index (χ4n) is 2.40. The maximum Gasteiger partial charge on any atom is 0.337 e. The van der Waals surface area contributed by atoms with Crippen molar-refractivity contribution in [2.24, 2.45) is 9.98 Å². The number of esters is 1. The van der Waals surface area contributed by atoms with Crippen LogP contribution in [0.5, 0.6) is 0 Å². The third kappa shape index (κ3) is 3.06. The highest BCUT2D eigenvalue weighted by atomic mass is 35.5. The number of allylic oxidation sites excluding steroid dienone is 2. The number of halogens is 1. The van der Waals surface area contributed by atoms with Gasteiger partial charge in [0, 0.05) is 0 Å². The second-order valence-corrected chi connectivity index (χ2v) is 4.73. The Balaban J connectivity index is 0.00000192. The van der Waals surface area contributed by atoms with Crippen LogP contribution in [0.4, 0.5) is 0 Å². The molecule has 0 radical (unpaired) electrons. The third-order valence-electron chi connectivity index (χ3n) is 3.46. The zero-order valence-corrected chi connectivity index (χ0v) is 13.0. The fourth-order valence-corrected chi connectivity index (χ4v) is 2.40. The zero-order valence-electron chi connectivity index (χ0n) is 12.3. The minimum atomic E-state index is -0.374. The summed E-state index contributed by atoms with van der Waals surface area (Å²) in [5.74, 6) is 0.417. The molecule has 2 heterocycles. The predicted molar refractivity (Wildman–Crippen MR) is 80.2 cm³/mol. The van der Waals surface area contributed by atoms with Crippen molar-refractivity contribution in [1.82, 2.24) is 0 Å². The van der Waals surface area contributed by atoms with Gasteiger partial charge < -0.3 is 17.1 Å². The van der Waals surface area contributed by atoms with Crippen LogP contribution in [0.1, 0.15) is 22.3 Å². The molecule has 3 rings (SSSR count). The zero-order chi connectivity index (χ0) is 15.5. The van der Waals surface area contributed by atoms with Gasteiger partial charge in [-0.05, 0) is 24.3 Å². The molecule has 0 saturated heterocycles. The average molecular weight is 329 g/mol. The van der Waals surface area contributed by atoms with Gasteiger partial charge >= 0.3 is 5.97 Å². The Morgan fingerprint density at radius 3 is 2.74 bits per heavy atom. The van der Waals surface area contributed by atoms with E-state index in [9.17, 15) is 4.79 Å². The summed E-state index contributed by atoms with van der Waals surface area (Å²) in [6.45, 7) is 0. The Bertz CT molecular complexity index is 785. The van der Waals surface area contributed by atoms with Crippen LogP contribution in [-0.4, -0.2) is 25.1 Å². The van der Waals surface area contributed by atoms with Crippen molar-refractivity contribution in [1.29, 1.82) is 5.26 Å². The van der Waals surface area contributed by atoms with E-state index in [4.69, 9.17) is 5.26 Å². The monoisotopic (exact) mass is 328 g/mol. The summed E-state index contributed by atoms with van der Waals surface area (Å²) in [6.07, 6.45) is 5.54. The molecular weight excluding hydrogens is 316 g/mol. The topological polar surface area (TPSA) is 79.2 Å². The smallest absolute Gasteiger partial charge is 0.337 e. The summed E-state index contributed by atoms with van der Waals surface area (Å²) >= 11 is 0. The number of ether oxygens (including phenoxy) is 1. The van der Waals surface area contributed by atoms with Gasteiger partial charge in [-0.15, -0.1) is 0 Å². The highest BCUT2D eigenvalue weighted by molar-refractivity contribution is 5.99. The van der Waals surface area contributed by atoms with Crippen LogP contribution in [0, 0.1) is 11.3 Å². The molecule has 1 aromatic rings. The van der Waals surface area contributed by atoms with Gasteiger partial charge in [-0.25, -0.2) is 9.69 Å². The molecule has 2 aliphatic rings. The molecule has 23 heavy (non-hydrogen) atoms. The van der Waals surface area contributed by atoms with Crippen molar-refractivity contribution in [3.05, 3.63) is 59.2 Å². The van der Waals surface area contributed by atoms with Gasteiger partial charge in [0.05, 0.1) is 43.1 Å². The molecule has 0 saturated carbocycles. The summed E-state index contributed by atoms with van der Waals surface area (Å²) in [5.41, 5.74) is 2.97. The Morgan fingerprint density at radius 2 is 2.09 bits per heavy atom. The maximum atomic E-state index is 11.5. The number of benzene rings is 1. The molecule has 0 aromatic heterocycles. The van der Waals surface area contributed by atoms with Crippen LogP contribution >= 0.6 is 0 Å². The molecule has 0 bridgehead atoms. The number of nitrogens with one attached hydrogen (secondary N) is 1. The van der Waals surface area contributed by atoms with Crippen molar-refractivity contribution in [2.75, 3.05) is 7.11 Å². The first-order valence-corrected chi connectivity index (χ1v) is 6.69. The Morgan fingerprint density at radius 1 is 1.35 bits per heavy atom. The van der Waals surface area contributed by atoms with E-state index in [-0.39, 0.29) is 24.8 Å². The van der Waals surface area contributed by atoms with Crippen molar-refractivity contribution in [3.8, 4) is 6.07 Å². The van der Waals surface area contributed by atoms with Crippen molar-refractivity contribution in [3.63, 3.8) is 0 Å². The molecule has 116 valence electrons. The lowest BCUT2D eigenvalue weighted by molar-refractivity contribution is -0.689. The van der Waals surface area contributed by atoms with Crippen molar-refractivity contribution < 1.29 is 26.8 Å². The number of nitriles is 1. The molecular formula is C16H13ClN4O2. The minimum Gasteiger partial charge on any atom is -1.00 e. The summed E-state index contributed by atoms with van der Waals surface area (Å²) in [6, 6.07) is 9.17. The van der Waals surface area contributed by atoms with Gasteiger partial charge in [0.1, 0.15) is 11.9 Å². The number of hydrogen-bond donors (Lipinski definition) is 1. The van der Waals surface area contributed by atoms with Gasteiger partial charge in [0.2, 0.25) is 5.84 Å². The van der Waals surface area contributed by atoms with Gasteiger partial charge in [-0.2, -0.15) is 10.3 Å². The highest BCUT2D eigenvalue weighted by Crippen LogP contribution is 2.15. The van der Waals surface area contributed by atoms with Crippen LogP contribution in [0.25, 0.3) is 0 Å². The third-order valence-corrected chi connectivity index (χ3v) is 3.46. The number of carbonyl (C=O) groups excluding carboxylic acids is 1. The van der Waals surface area contributed by atoms with Gasteiger partial charge in [0.25, 0.3) is 0 Å². The normalized spacial score (nSPS) is 17.9. The molecule has 0 spiro atoms. The standard InChI is InChI=1S/C16H12N4O2.ClH/c1-22-16(21)12-4-2-11(3-5-12)15-19-13(6-7-17)14-10-18-8-9-20(14)15;/h2-5,8-10H,6H2,1H3;1H. The first-order chi connectivity index (χ1) is 10.7. The van der Waals surface area contributed by atoms with Crippen LogP contribution < -0.4 is 17.3 Å². The molecule has 0 aliphatic carbocycles. The summed E-state index contributed by atoms with van der Waals surface area (Å²) in [5, 5.41) is 8.92. The largest absolute Gasteiger partial charge is 1.00 e. The van der Waals surface area contributed by atoms with Crippen molar-refractivity contribution in [2.45, 2.75) is 6.42 Å². The van der Waals surface area contributed by atoms with E-state index in [1.54, 1.807) is 24.5 Å². The van der Waals surface area contributed by atoms with E-state index in [1.807, 2.05) is 18.3 Å². The molecule has 6 nitrogen and oxygen atoms in total. The van der Waals surface area contributed by atoms with E-state index in [2.05, 4.69) is 20.8 Å². The molecule has 1 aromatic carbocycles. The number of methoxy groups -OCH3 is 1. The number of aliphatic imine (C=N–C) groups is 2. The quantitative estimate of drug-likeness (QED) is 0.640. The summed E-state index contributed by atoms with van der Waals surface area (Å²) in [7, 11) is 1.35. The Kier molecular flexibility index (Phi) is 5.06. The summed E-state index contributed by atoms with van der Waals surface area (Å²) < 4.78 is 4.69. The molecule has 1 N–H and O–H groups in total. The highest BCUT2D eigenvalue weighted by Gasteiger charge is 2.32. The van der Waals surface area contributed by atoms with E-state index in [0.29, 0.717) is 5.56 Å². The number of nitrogens with zero attached hydrogens (tertiary/aromatic N) is 3. The average Bonchev–Trinajstić information content (AvgIpc) is 2.94. The molecule has 0 fully saturated rings. The van der Waals surface area contributed by atoms with Crippen LogP contribution in [0.2, 0.25) is 0 Å². The molecule has 0 amide bonds. The van der Waals surface area contributed by atoms with Gasteiger partial charge in [-0.1, -0.05) is 0 Å². The lowest BCUT2D eigenvalue weighted by Crippen LogP contribution is -3.08. The van der Waals surface area contributed by atoms with Crippen LogP contribution in [-0.2, 0) is 4.74 Å². The number of carbonyl (C=O) groups is 1. The Labute approximate surface area is 139 Å². The predicted octanol–water partition coefficient (Wildman–Crippen LogP) is -2.20. The number of amidine groups is 1. The maximum absolute atomic E-state index is 11.5. The molecule has 2 aliphatic heterocycles. The Hall–Kier alpha value is -2.75. The van der Waals surface area contributed by atoms with E-state index < -0.39 is 0 Å². The number of fused-ring (bicyclic) bond motifs is 1. The first-order valence-electron chi connectivity index (χ1n) is 6.69. The fraction of sp³-hybridized carbons (Fsp3) is 0.125. The van der Waals surface area contributed by atoms with Gasteiger partial charge in [-0.3, -0.25) is 4.99 Å². The lowest BCUT2D eigenvalue weighted by Gasteiger charge is -2.13. The minimum absolute atomic E-state index is 0. The first kappa shape index (κ1) is 16.6. The summed E-state index contributed by atoms with van der Waals surface area (Å²) in [4.78, 5) is 21.1. The number of rotatable bonds is 3. The van der Waals surface area contributed by atoms with Crippen LogP contribution in [0.3, 0.4) is 0 Å². The van der Waals surface area contributed by atoms with Crippen molar-refractivity contribution >= 4 is 18.0 Å². The molecule has 7 heteroatoms. The van der Waals surface area contributed by atoms with Crippen LogP contribution in [0.15, 0.2) is 58.0 Å². The second-order valence-electron chi connectivity index (χ2n) is 4.73. The molecule has 1 atom stereocenters. The second kappa shape index (κ2) is 7.01. The molecule has 1 unspecified atom stereocenters. The number of hydrogen-bond acceptors (Lipinski definition) is 5.